The van der Waals surface area contributed by atoms with E-state index in [1.54, 1.807) is 23.3 Å². The Balaban J connectivity index is 1.79. The van der Waals surface area contributed by atoms with Crippen LogP contribution in [0.4, 0.5) is 0 Å². The van der Waals surface area contributed by atoms with E-state index in [1.165, 1.54) is 0 Å². The molecule has 2 aromatic heterocycles. The van der Waals surface area contributed by atoms with Crippen molar-refractivity contribution in [3.8, 4) is 0 Å². The van der Waals surface area contributed by atoms with E-state index in [4.69, 9.17) is 0 Å². The highest BCUT2D eigenvalue weighted by atomic mass is 16.2. The van der Waals surface area contributed by atoms with Gasteiger partial charge in [-0.3, -0.25) is 14.5 Å². The molecule has 0 unspecified atom stereocenters. The van der Waals surface area contributed by atoms with E-state index in [0.29, 0.717) is 18.3 Å². The Kier molecular flexibility index (Phi) is 3.22. The lowest BCUT2D eigenvalue weighted by atomic mass is 10.3. The van der Waals surface area contributed by atoms with Gasteiger partial charge in [0, 0.05) is 37.6 Å². The predicted octanol–water partition coefficient (Wildman–Crippen LogP) is 1.32. The molecule has 1 fully saturated rings. The van der Waals surface area contributed by atoms with Crippen molar-refractivity contribution < 1.29 is 4.79 Å². The van der Waals surface area contributed by atoms with E-state index < -0.39 is 0 Å². The van der Waals surface area contributed by atoms with Crippen molar-refractivity contribution in [3.63, 3.8) is 0 Å². The molecule has 0 aromatic carbocycles. The molecule has 1 amide bonds. The molecule has 0 spiro atoms. The minimum absolute atomic E-state index is 0.0520. The summed E-state index contributed by atoms with van der Waals surface area (Å²) in [5.74, 6) is -0.0520. The molecule has 2 heterocycles. The van der Waals surface area contributed by atoms with Gasteiger partial charge in [-0.1, -0.05) is 0 Å². The second-order valence-corrected chi connectivity index (χ2v) is 5.23. The number of aromatic nitrogens is 4. The molecule has 0 atom stereocenters. The Hall–Kier alpha value is -2.24. The Bertz CT molecular complexity index is 615. The maximum atomic E-state index is 12.5. The molecule has 0 N–H and O–H groups in total. The Morgan fingerprint density at radius 2 is 2.15 bits per heavy atom. The smallest absolute Gasteiger partial charge is 0.274 e. The minimum atomic E-state index is -0.0520. The normalized spacial score (nSPS) is 14.3. The SMILES string of the molecule is Cc1cnc(C(=O)N(Cc2cnn(C)c2)C2CC2)cn1. The number of aryl methyl sites for hydroxylation is 2. The van der Waals surface area contributed by atoms with Gasteiger partial charge >= 0.3 is 0 Å². The van der Waals surface area contributed by atoms with Gasteiger partial charge < -0.3 is 4.90 Å². The van der Waals surface area contributed by atoms with Crippen LogP contribution in [-0.2, 0) is 13.6 Å². The van der Waals surface area contributed by atoms with Crippen LogP contribution in [-0.4, -0.2) is 36.6 Å². The molecular weight excluding hydrogens is 254 g/mol. The zero-order valence-electron chi connectivity index (χ0n) is 11.7. The first-order chi connectivity index (χ1) is 9.63. The molecule has 1 saturated carbocycles. The highest BCUT2D eigenvalue weighted by Crippen LogP contribution is 2.29. The van der Waals surface area contributed by atoms with E-state index in [2.05, 4.69) is 15.1 Å². The number of hydrogen-bond donors (Lipinski definition) is 0. The van der Waals surface area contributed by atoms with Crippen molar-refractivity contribution in [2.45, 2.75) is 32.4 Å². The monoisotopic (exact) mass is 271 g/mol. The third-order valence-corrected chi connectivity index (χ3v) is 3.36. The molecule has 0 radical (unpaired) electrons. The highest BCUT2D eigenvalue weighted by molar-refractivity contribution is 5.92. The summed E-state index contributed by atoms with van der Waals surface area (Å²) in [4.78, 5) is 22.7. The van der Waals surface area contributed by atoms with Crippen LogP contribution in [0.2, 0.25) is 0 Å². The summed E-state index contributed by atoms with van der Waals surface area (Å²) in [5.41, 5.74) is 2.26. The van der Waals surface area contributed by atoms with E-state index in [-0.39, 0.29) is 5.91 Å². The van der Waals surface area contributed by atoms with Crippen molar-refractivity contribution in [2.24, 2.45) is 7.05 Å². The zero-order chi connectivity index (χ0) is 14.1. The average molecular weight is 271 g/mol. The van der Waals surface area contributed by atoms with E-state index in [1.807, 2.05) is 25.1 Å². The fourth-order valence-electron chi connectivity index (χ4n) is 2.15. The molecule has 20 heavy (non-hydrogen) atoms. The maximum Gasteiger partial charge on any atom is 0.274 e. The number of rotatable bonds is 4. The van der Waals surface area contributed by atoms with Crippen LogP contribution in [0.1, 0.15) is 34.6 Å². The second kappa shape index (κ2) is 5.03. The van der Waals surface area contributed by atoms with Gasteiger partial charge in [0.25, 0.3) is 5.91 Å². The van der Waals surface area contributed by atoms with Crippen molar-refractivity contribution in [1.82, 2.24) is 24.6 Å². The first kappa shape index (κ1) is 12.8. The Morgan fingerprint density at radius 1 is 1.35 bits per heavy atom. The van der Waals surface area contributed by atoms with Crippen LogP contribution in [0.5, 0.6) is 0 Å². The number of carbonyl (C=O) groups excluding carboxylic acids is 1. The van der Waals surface area contributed by atoms with Crippen LogP contribution < -0.4 is 0 Å². The third kappa shape index (κ3) is 2.68. The van der Waals surface area contributed by atoms with Crippen LogP contribution in [0.3, 0.4) is 0 Å². The lowest BCUT2D eigenvalue weighted by molar-refractivity contribution is 0.0723. The molecule has 6 nitrogen and oxygen atoms in total. The lowest BCUT2D eigenvalue weighted by Crippen LogP contribution is -2.33. The standard InChI is InChI=1S/C14H17N5O/c1-10-5-16-13(7-15-10)14(20)19(12-3-4-12)9-11-6-17-18(2)8-11/h5-8,12H,3-4,9H2,1-2H3. The average Bonchev–Trinajstić information content (AvgIpc) is 3.19. The van der Waals surface area contributed by atoms with Gasteiger partial charge in [-0.05, 0) is 19.8 Å². The predicted molar refractivity (Wildman–Crippen MR) is 72.9 cm³/mol. The van der Waals surface area contributed by atoms with Crippen LogP contribution >= 0.6 is 0 Å². The Labute approximate surface area is 117 Å². The highest BCUT2D eigenvalue weighted by Gasteiger charge is 2.33. The van der Waals surface area contributed by atoms with E-state index >= 15 is 0 Å². The summed E-state index contributed by atoms with van der Waals surface area (Å²) in [6, 6.07) is 0.325. The summed E-state index contributed by atoms with van der Waals surface area (Å²) < 4.78 is 1.75. The van der Waals surface area contributed by atoms with Gasteiger partial charge in [-0.2, -0.15) is 5.10 Å². The van der Waals surface area contributed by atoms with E-state index in [0.717, 1.165) is 24.1 Å². The molecule has 0 bridgehead atoms. The second-order valence-electron chi connectivity index (χ2n) is 5.23. The van der Waals surface area contributed by atoms with Crippen molar-refractivity contribution in [2.75, 3.05) is 0 Å². The van der Waals surface area contributed by atoms with E-state index in [9.17, 15) is 4.79 Å². The first-order valence-electron chi connectivity index (χ1n) is 6.70. The molecule has 1 aliphatic rings. The van der Waals surface area contributed by atoms with Gasteiger partial charge in [0.05, 0.1) is 18.1 Å². The number of nitrogens with zero attached hydrogens (tertiary/aromatic N) is 5. The molecule has 1 aliphatic carbocycles. The largest absolute Gasteiger partial charge is 0.330 e. The molecule has 0 aliphatic heterocycles. The van der Waals surface area contributed by atoms with Crippen molar-refractivity contribution in [1.29, 1.82) is 0 Å². The third-order valence-electron chi connectivity index (χ3n) is 3.36. The molecule has 6 heteroatoms. The van der Waals surface area contributed by atoms with Crippen molar-refractivity contribution >= 4 is 5.91 Å². The fourth-order valence-corrected chi connectivity index (χ4v) is 2.15. The number of carbonyl (C=O) groups is 1. The molecule has 0 saturated heterocycles. The maximum absolute atomic E-state index is 12.5. The molecular formula is C14H17N5O. The first-order valence-corrected chi connectivity index (χ1v) is 6.70. The van der Waals surface area contributed by atoms with Gasteiger partial charge in [0.1, 0.15) is 5.69 Å². The van der Waals surface area contributed by atoms with Gasteiger partial charge in [-0.15, -0.1) is 0 Å². The molecule has 104 valence electrons. The zero-order valence-corrected chi connectivity index (χ0v) is 11.7. The van der Waals surface area contributed by atoms with Gasteiger partial charge in [-0.25, -0.2) is 4.98 Å². The van der Waals surface area contributed by atoms with Crippen LogP contribution in [0.25, 0.3) is 0 Å². The van der Waals surface area contributed by atoms with Crippen molar-refractivity contribution in [3.05, 3.63) is 41.7 Å². The van der Waals surface area contributed by atoms with Gasteiger partial charge in [0.15, 0.2) is 0 Å². The summed E-state index contributed by atoms with van der Waals surface area (Å²) in [7, 11) is 1.87. The quantitative estimate of drug-likeness (QED) is 0.841. The number of amides is 1. The minimum Gasteiger partial charge on any atom is -0.330 e. The molecule has 3 rings (SSSR count). The molecule has 2 aromatic rings. The topological polar surface area (TPSA) is 63.9 Å². The van der Waals surface area contributed by atoms with Crippen LogP contribution in [0.15, 0.2) is 24.8 Å². The Morgan fingerprint density at radius 3 is 2.70 bits per heavy atom. The summed E-state index contributed by atoms with van der Waals surface area (Å²) in [5, 5.41) is 4.14. The fraction of sp³-hybridized carbons (Fsp3) is 0.429. The summed E-state index contributed by atoms with van der Waals surface area (Å²) >= 11 is 0. The van der Waals surface area contributed by atoms with Crippen LogP contribution in [0, 0.1) is 6.92 Å². The van der Waals surface area contributed by atoms with Gasteiger partial charge in [0.2, 0.25) is 0 Å². The summed E-state index contributed by atoms with van der Waals surface area (Å²) in [6.07, 6.45) is 9.03. The summed E-state index contributed by atoms with van der Waals surface area (Å²) in [6.45, 7) is 2.43. The number of hydrogen-bond acceptors (Lipinski definition) is 4. The lowest BCUT2D eigenvalue weighted by Gasteiger charge is -2.21.